The van der Waals surface area contributed by atoms with Crippen molar-refractivity contribution in [1.82, 2.24) is 0 Å². The highest BCUT2D eigenvalue weighted by atomic mass is 28.4. The van der Waals surface area contributed by atoms with Crippen molar-refractivity contribution in [3.05, 3.63) is 60.7 Å². The van der Waals surface area contributed by atoms with Crippen molar-refractivity contribution in [1.29, 1.82) is 0 Å². The summed E-state index contributed by atoms with van der Waals surface area (Å²) in [5.41, 5.74) is 0.606. The average Bonchev–Trinajstić information content (AvgIpc) is 2.88. The third-order valence-electron chi connectivity index (χ3n) is 4.77. The Balaban J connectivity index is 2.13. The minimum Gasteiger partial charge on any atom is -0.404 e. The molecule has 0 radical (unpaired) electrons. The van der Waals surface area contributed by atoms with Crippen LogP contribution in [0.4, 0.5) is 0 Å². The zero-order valence-corrected chi connectivity index (χ0v) is 14.1. The van der Waals surface area contributed by atoms with Crippen LogP contribution in [0.2, 0.25) is 5.54 Å². The van der Waals surface area contributed by atoms with Crippen molar-refractivity contribution in [2.45, 2.75) is 38.8 Å². The van der Waals surface area contributed by atoms with Gasteiger partial charge < -0.3 is 4.43 Å². The smallest absolute Gasteiger partial charge is 0.259 e. The first kappa shape index (κ1) is 14.5. The maximum atomic E-state index is 6.83. The molecule has 1 saturated heterocycles. The van der Waals surface area contributed by atoms with Crippen molar-refractivity contribution in [3.63, 3.8) is 0 Å². The molecule has 1 aliphatic heterocycles. The fourth-order valence-electron chi connectivity index (χ4n) is 3.57. The van der Waals surface area contributed by atoms with Gasteiger partial charge in [0.25, 0.3) is 8.32 Å². The molecule has 0 aromatic heterocycles. The zero-order valence-electron chi connectivity index (χ0n) is 13.1. The summed E-state index contributed by atoms with van der Waals surface area (Å²) in [6.07, 6.45) is 1.56. The number of hydrogen-bond donors (Lipinski definition) is 0. The lowest BCUT2D eigenvalue weighted by Crippen LogP contribution is -2.61. The normalized spacial score (nSPS) is 24.4. The van der Waals surface area contributed by atoms with E-state index in [9.17, 15) is 0 Å². The van der Waals surface area contributed by atoms with Gasteiger partial charge >= 0.3 is 0 Å². The quantitative estimate of drug-likeness (QED) is 0.787. The second-order valence-electron chi connectivity index (χ2n) is 6.50. The van der Waals surface area contributed by atoms with Crippen molar-refractivity contribution in [3.8, 4) is 0 Å². The van der Waals surface area contributed by atoms with Crippen LogP contribution in [0.25, 0.3) is 0 Å². The van der Waals surface area contributed by atoms with Gasteiger partial charge in [-0.25, -0.2) is 0 Å². The topological polar surface area (TPSA) is 9.23 Å². The van der Waals surface area contributed by atoms with Gasteiger partial charge in [0, 0.05) is 6.10 Å². The summed E-state index contributed by atoms with van der Waals surface area (Å²) in [4.78, 5) is 0. The van der Waals surface area contributed by atoms with E-state index in [0.717, 1.165) is 0 Å². The maximum absolute atomic E-state index is 6.83. The third-order valence-corrected chi connectivity index (χ3v) is 9.45. The van der Waals surface area contributed by atoms with Crippen molar-refractivity contribution >= 4 is 18.7 Å². The minimum absolute atomic E-state index is 0.382. The Morgan fingerprint density at radius 2 is 1.38 bits per heavy atom. The molecule has 2 aromatic carbocycles. The summed E-state index contributed by atoms with van der Waals surface area (Å²) in [6, 6.07) is 21.8. The standard InChI is InChI=1S/C19H24OSi/c1-15(2)19-14-16(3)21(20-19,17-10-6-4-7-11-17)18-12-8-5-9-13-18/h4-13,15-16,19H,14H2,1-3H3/t16-,19+/m1/s1. The first-order valence-electron chi connectivity index (χ1n) is 7.93. The molecule has 0 bridgehead atoms. The Morgan fingerprint density at radius 1 is 0.905 bits per heavy atom. The van der Waals surface area contributed by atoms with E-state index in [1.165, 1.54) is 16.8 Å². The Hall–Kier alpha value is -1.38. The molecular formula is C19H24OSi. The van der Waals surface area contributed by atoms with Gasteiger partial charge in [0.1, 0.15) is 0 Å². The van der Waals surface area contributed by atoms with Crippen LogP contribution in [0.1, 0.15) is 27.2 Å². The van der Waals surface area contributed by atoms with Crippen molar-refractivity contribution < 1.29 is 4.43 Å². The van der Waals surface area contributed by atoms with Gasteiger partial charge in [0.05, 0.1) is 0 Å². The Kier molecular flexibility index (Phi) is 4.00. The largest absolute Gasteiger partial charge is 0.404 e. The SMILES string of the molecule is CC(C)[C@@H]1C[C@@H](C)[Si](c2ccccc2)(c2ccccc2)O1. The lowest BCUT2D eigenvalue weighted by molar-refractivity contribution is 0.173. The number of hydrogen-bond acceptors (Lipinski definition) is 1. The maximum Gasteiger partial charge on any atom is 0.259 e. The van der Waals surface area contributed by atoms with E-state index in [-0.39, 0.29) is 0 Å². The molecule has 2 heteroatoms. The minimum atomic E-state index is -2.11. The van der Waals surface area contributed by atoms with E-state index in [1.807, 2.05) is 0 Å². The first-order chi connectivity index (χ1) is 10.1. The fraction of sp³-hybridized carbons (Fsp3) is 0.368. The summed E-state index contributed by atoms with van der Waals surface area (Å²) in [5.74, 6) is 0.578. The van der Waals surface area contributed by atoms with Crippen LogP contribution >= 0.6 is 0 Å². The predicted octanol–water partition coefficient (Wildman–Crippen LogP) is 3.58. The molecule has 0 unspecified atom stereocenters. The lowest BCUT2D eigenvalue weighted by Gasteiger charge is -2.32. The van der Waals surface area contributed by atoms with Gasteiger partial charge in [-0.15, -0.1) is 0 Å². The van der Waals surface area contributed by atoms with E-state index >= 15 is 0 Å². The van der Waals surface area contributed by atoms with E-state index in [1.54, 1.807) is 0 Å². The molecule has 0 N–H and O–H groups in total. The summed E-state index contributed by atoms with van der Waals surface area (Å²) in [5, 5.41) is 2.82. The van der Waals surface area contributed by atoms with Gasteiger partial charge in [-0.2, -0.15) is 0 Å². The van der Waals surface area contributed by atoms with Gasteiger partial charge in [-0.3, -0.25) is 0 Å². The molecule has 110 valence electrons. The van der Waals surface area contributed by atoms with Crippen LogP contribution in [-0.2, 0) is 4.43 Å². The molecule has 2 aromatic rings. The Morgan fingerprint density at radius 3 is 1.76 bits per heavy atom. The molecule has 0 aliphatic carbocycles. The van der Waals surface area contributed by atoms with Crippen LogP contribution in [0.5, 0.6) is 0 Å². The molecule has 3 rings (SSSR count). The highest BCUT2D eigenvalue weighted by Gasteiger charge is 2.52. The van der Waals surface area contributed by atoms with E-state index in [4.69, 9.17) is 4.43 Å². The Bertz CT molecular complexity index is 540. The van der Waals surface area contributed by atoms with Crippen LogP contribution < -0.4 is 10.4 Å². The molecule has 0 spiro atoms. The predicted molar refractivity (Wildman–Crippen MR) is 91.7 cm³/mol. The highest BCUT2D eigenvalue weighted by Crippen LogP contribution is 2.39. The van der Waals surface area contributed by atoms with Crippen molar-refractivity contribution in [2.75, 3.05) is 0 Å². The van der Waals surface area contributed by atoms with E-state index in [0.29, 0.717) is 17.6 Å². The molecule has 1 heterocycles. The van der Waals surface area contributed by atoms with Gasteiger partial charge in [-0.05, 0) is 28.3 Å². The molecule has 1 aliphatic rings. The Labute approximate surface area is 129 Å². The van der Waals surface area contributed by atoms with Crippen LogP contribution in [0.15, 0.2) is 60.7 Å². The second kappa shape index (κ2) is 5.78. The molecule has 2 atom stereocenters. The third kappa shape index (κ3) is 2.47. The average molecular weight is 296 g/mol. The molecule has 1 fully saturated rings. The molecule has 21 heavy (non-hydrogen) atoms. The van der Waals surface area contributed by atoms with Gasteiger partial charge in [0.2, 0.25) is 0 Å². The lowest BCUT2D eigenvalue weighted by atomic mass is 10.0. The zero-order chi connectivity index (χ0) is 14.9. The summed E-state index contributed by atoms with van der Waals surface area (Å²) in [6.45, 7) is 6.93. The first-order valence-corrected chi connectivity index (χ1v) is 9.92. The van der Waals surface area contributed by atoms with E-state index in [2.05, 4.69) is 81.4 Å². The fourth-order valence-corrected chi connectivity index (χ4v) is 8.33. The monoisotopic (exact) mass is 296 g/mol. The van der Waals surface area contributed by atoms with Crippen LogP contribution in [-0.4, -0.2) is 14.4 Å². The summed E-state index contributed by atoms with van der Waals surface area (Å²) >= 11 is 0. The molecule has 1 nitrogen and oxygen atoms in total. The molecule has 0 amide bonds. The van der Waals surface area contributed by atoms with Crippen LogP contribution in [0.3, 0.4) is 0 Å². The number of rotatable bonds is 3. The van der Waals surface area contributed by atoms with Gasteiger partial charge in [-0.1, -0.05) is 81.4 Å². The highest BCUT2D eigenvalue weighted by molar-refractivity contribution is 6.98. The summed E-state index contributed by atoms with van der Waals surface area (Å²) in [7, 11) is -2.11. The van der Waals surface area contributed by atoms with Gasteiger partial charge in [0.15, 0.2) is 0 Å². The molecular weight excluding hydrogens is 272 g/mol. The van der Waals surface area contributed by atoms with E-state index < -0.39 is 8.32 Å². The van der Waals surface area contributed by atoms with Crippen molar-refractivity contribution in [2.24, 2.45) is 5.92 Å². The number of benzene rings is 2. The molecule has 0 saturated carbocycles. The van der Waals surface area contributed by atoms with Crippen LogP contribution in [0, 0.1) is 5.92 Å². The second-order valence-corrected chi connectivity index (χ2v) is 10.4. The summed E-state index contributed by atoms with van der Waals surface area (Å²) < 4.78 is 6.83.